The standard InChI is InChI=1S/C14H20O6S/c1-2-3-4-5-6-13(21(17,18)19)20-14(16)11-7-9-12(15)10-8-11/h7-10,13,15H,2-6H2,1H3,(H,17,18,19). The van der Waals surface area contributed by atoms with Gasteiger partial charge in [0.25, 0.3) is 0 Å². The van der Waals surface area contributed by atoms with Gasteiger partial charge in [0.15, 0.2) is 0 Å². The first-order valence-corrected chi connectivity index (χ1v) is 8.31. The van der Waals surface area contributed by atoms with Gasteiger partial charge in [-0.25, -0.2) is 4.79 Å². The van der Waals surface area contributed by atoms with Crippen molar-refractivity contribution in [2.45, 2.75) is 44.5 Å². The average Bonchev–Trinajstić information content (AvgIpc) is 2.41. The number of carbonyl (C=O) groups is 1. The number of phenolic OH excluding ortho intramolecular Hbond substituents is 1. The van der Waals surface area contributed by atoms with Crippen molar-refractivity contribution in [2.24, 2.45) is 0 Å². The predicted octanol–water partition coefficient (Wildman–Crippen LogP) is 2.73. The number of carbonyl (C=O) groups excluding carboxylic acids is 1. The Labute approximate surface area is 124 Å². The molecule has 0 saturated heterocycles. The van der Waals surface area contributed by atoms with Crippen LogP contribution in [0.15, 0.2) is 24.3 Å². The average molecular weight is 316 g/mol. The summed E-state index contributed by atoms with van der Waals surface area (Å²) >= 11 is 0. The lowest BCUT2D eigenvalue weighted by atomic mass is 10.1. The van der Waals surface area contributed by atoms with Crippen LogP contribution in [0.3, 0.4) is 0 Å². The van der Waals surface area contributed by atoms with Crippen molar-refractivity contribution in [3.05, 3.63) is 29.8 Å². The van der Waals surface area contributed by atoms with E-state index < -0.39 is 21.5 Å². The smallest absolute Gasteiger partial charge is 0.339 e. The molecule has 1 aromatic rings. The lowest BCUT2D eigenvalue weighted by molar-refractivity contribution is 0.0414. The maximum absolute atomic E-state index is 11.8. The molecule has 0 heterocycles. The molecule has 0 aliphatic heterocycles. The van der Waals surface area contributed by atoms with Crippen LogP contribution in [0.2, 0.25) is 0 Å². The van der Waals surface area contributed by atoms with Crippen molar-refractivity contribution in [1.29, 1.82) is 0 Å². The fraction of sp³-hybridized carbons (Fsp3) is 0.500. The van der Waals surface area contributed by atoms with Gasteiger partial charge in [0.2, 0.25) is 5.44 Å². The minimum atomic E-state index is -4.46. The molecular weight excluding hydrogens is 296 g/mol. The molecule has 1 rings (SSSR count). The third-order valence-corrected chi connectivity index (χ3v) is 3.96. The quantitative estimate of drug-likeness (QED) is 0.434. The van der Waals surface area contributed by atoms with Crippen molar-refractivity contribution in [2.75, 3.05) is 0 Å². The van der Waals surface area contributed by atoms with Crippen LogP contribution in [-0.2, 0) is 14.9 Å². The number of unbranched alkanes of at least 4 members (excludes halogenated alkanes) is 3. The lowest BCUT2D eigenvalue weighted by Crippen LogP contribution is -2.27. The van der Waals surface area contributed by atoms with Crippen LogP contribution in [0.25, 0.3) is 0 Å². The third kappa shape index (κ3) is 6.14. The molecular formula is C14H20O6S. The molecule has 0 radical (unpaired) electrons. The minimum absolute atomic E-state index is 0.0163. The highest BCUT2D eigenvalue weighted by Gasteiger charge is 2.27. The number of aromatic hydroxyl groups is 1. The van der Waals surface area contributed by atoms with Crippen LogP contribution in [-0.4, -0.2) is 29.5 Å². The van der Waals surface area contributed by atoms with Crippen molar-refractivity contribution < 1.29 is 27.6 Å². The molecule has 118 valence electrons. The van der Waals surface area contributed by atoms with Gasteiger partial charge < -0.3 is 9.84 Å². The summed E-state index contributed by atoms with van der Waals surface area (Å²) < 4.78 is 36.5. The van der Waals surface area contributed by atoms with E-state index in [4.69, 9.17) is 14.4 Å². The molecule has 0 bridgehead atoms. The summed E-state index contributed by atoms with van der Waals surface area (Å²) in [7, 11) is -4.46. The van der Waals surface area contributed by atoms with Gasteiger partial charge in [-0.2, -0.15) is 8.42 Å². The van der Waals surface area contributed by atoms with Crippen molar-refractivity contribution in [3.63, 3.8) is 0 Å². The number of ether oxygens (including phenoxy) is 1. The molecule has 6 nitrogen and oxygen atoms in total. The van der Waals surface area contributed by atoms with E-state index >= 15 is 0 Å². The lowest BCUT2D eigenvalue weighted by Gasteiger charge is -2.15. The predicted molar refractivity (Wildman–Crippen MR) is 77.6 cm³/mol. The Morgan fingerprint density at radius 1 is 1.19 bits per heavy atom. The first-order chi connectivity index (χ1) is 9.84. The Morgan fingerprint density at radius 2 is 1.81 bits per heavy atom. The molecule has 1 aromatic carbocycles. The number of esters is 1. The molecule has 21 heavy (non-hydrogen) atoms. The first kappa shape index (κ1) is 17.5. The number of benzene rings is 1. The van der Waals surface area contributed by atoms with Gasteiger partial charge >= 0.3 is 16.1 Å². The number of hydrogen-bond acceptors (Lipinski definition) is 5. The van der Waals surface area contributed by atoms with E-state index in [0.29, 0.717) is 6.42 Å². The molecule has 0 aliphatic rings. The highest BCUT2D eigenvalue weighted by atomic mass is 32.2. The van der Waals surface area contributed by atoms with Crippen LogP contribution in [0, 0.1) is 0 Å². The fourth-order valence-corrected chi connectivity index (χ4v) is 2.46. The van der Waals surface area contributed by atoms with Crippen LogP contribution in [0.1, 0.15) is 49.4 Å². The van der Waals surface area contributed by atoms with Gasteiger partial charge in [-0.15, -0.1) is 0 Å². The van der Waals surface area contributed by atoms with Crippen molar-refractivity contribution in [1.82, 2.24) is 0 Å². The zero-order valence-electron chi connectivity index (χ0n) is 11.9. The van der Waals surface area contributed by atoms with Gasteiger partial charge in [-0.1, -0.05) is 26.2 Å². The van der Waals surface area contributed by atoms with Crippen molar-refractivity contribution in [3.8, 4) is 5.75 Å². The van der Waals surface area contributed by atoms with Gasteiger partial charge in [0, 0.05) is 6.42 Å². The van der Waals surface area contributed by atoms with E-state index in [2.05, 4.69) is 0 Å². The number of phenols is 1. The summed E-state index contributed by atoms with van der Waals surface area (Å²) in [5.41, 5.74) is -1.45. The highest BCUT2D eigenvalue weighted by molar-refractivity contribution is 7.86. The normalized spacial score (nSPS) is 12.9. The molecule has 0 aromatic heterocycles. The Hall–Kier alpha value is -1.60. The molecule has 0 aliphatic carbocycles. The Kier molecular flexibility index (Phi) is 6.64. The van der Waals surface area contributed by atoms with E-state index in [1.54, 1.807) is 0 Å². The summed E-state index contributed by atoms with van der Waals surface area (Å²) in [5.74, 6) is -0.870. The van der Waals surface area contributed by atoms with E-state index in [1.807, 2.05) is 6.92 Å². The molecule has 2 N–H and O–H groups in total. The Balaban J connectivity index is 2.68. The zero-order valence-corrected chi connectivity index (χ0v) is 12.7. The van der Waals surface area contributed by atoms with Crippen molar-refractivity contribution >= 4 is 16.1 Å². The van der Waals surface area contributed by atoms with E-state index in [-0.39, 0.29) is 17.7 Å². The Morgan fingerprint density at radius 3 is 2.33 bits per heavy atom. The van der Waals surface area contributed by atoms with E-state index in [9.17, 15) is 13.2 Å². The molecule has 1 unspecified atom stereocenters. The van der Waals surface area contributed by atoms with Crippen LogP contribution < -0.4 is 0 Å². The van der Waals surface area contributed by atoms with Crippen LogP contribution >= 0.6 is 0 Å². The Bertz CT molecular complexity index is 549. The SMILES string of the molecule is CCCCCCC(OC(=O)c1ccc(O)cc1)S(=O)(=O)O. The summed E-state index contributed by atoms with van der Waals surface area (Å²) in [6, 6.07) is 5.21. The number of rotatable bonds is 8. The third-order valence-electron chi connectivity index (χ3n) is 2.97. The summed E-state index contributed by atoms with van der Waals surface area (Å²) in [6.45, 7) is 2.02. The molecule has 0 fully saturated rings. The molecule has 7 heteroatoms. The second-order valence-electron chi connectivity index (χ2n) is 4.75. The largest absolute Gasteiger partial charge is 0.508 e. The summed E-state index contributed by atoms with van der Waals surface area (Å²) in [6.07, 6.45) is 3.34. The second-order valence-corrected chi connectivity index (χ2v) is 6.30. The molecule has 0 amide bonds. The monoisotopic (exact) mass is 316 g/mol. The minimum Gasteiger partial charge on any atom is -0.508 e. The maximum atomic E-state index is 11.8. The van der Waals surface area contributed by atoms with Crippen LogP contribution in [0.4, 0.5) is 0 Å². The van der Waals surface area contributed by atoms with Gasteiger partial charge in [-0.05, 0) is 30.7 Å². The number of hydrogen-bond donors (Lipinski definition) is 2. The first-order valence-electron chi connectivity index (χ1n) is 6.81. The molecule has 0 saturated carbocycles. The van der Waals surface area contributed by atoms with E-state index in [0.717, 1.165) is 19.3 Å². The van der Waals surface area contributed by atoms with Gasteiger partial charge in [0.1, 0.15) is 5.75 Å². The maximum Gasteiger partial charge on any atom is 0.339 e. The topological polar surface area (TPSA) is 101 Å². The zero-order chi connectivity index (χ0) is 15.9. The highest BCUT2D eigenvalue weighted by Crippen LogP contribution is 2.16. The second kappa shape index (κ2) is 7.99. The molecule has 1 atom stereocenters. The molecule has 0 spiro atoms. The van der Waals surface area contributed by atoms with Crippen LogP contribution in [0.5, 0.6) is 5.75 Å². The van der Waals surface area contributed by atoms with Gasteiger partial charge in [0.05, 0.1) is 5.56 Å². The van der Waals surface area contributed by atoms with Gasteiger partial charge in [-0.3, -0.25) is 4.55 Å². The summed E-state index contributed by atoms with van der Waals surface area (Å²) in [4.78, 5) is 11.8. The van der Waals surface area contributed by atoms with E-state index in [1.165, 1.54) is 24.3 Å². The summed E-state index contributed by atoms with van der Waals surface area (Å²) in [5, 5.41) is 9.13. The fourth-order valence-electron chi connectivity index (χ4n) is 1.79.